The normalized spacial score (nSPS) is 16.6. The largest absolute Gasteiger partial charge is 0.297 e. The van der Waals surface area contributed by atoms with Crippen molar-refractivity contribution in [1.82, 2.24) is 24.7 Å². The molecule has 0 N–H and O–H groups in total. The van der Waals surface area contributed by atoms with Crippen LogP contribution in [0.15, 0.2) is 59.1 Å². The summed E-state index contributed by atoms with van der Waals surface area (Å²) in [6, 6.07) is 10.3. The Labute approximate surface area is 136 Å². The average molecular weight is 327 g/mol. The summed E-state index contributed by atoms with van der Waals surface area (Å²) in [4.78, 5) is 8.55. The second-order valence-corrected chi connectivity index (χ2v) is 6.89. The van der Waals surface area contributed by atoms with Gasteiger partial charge in [-0.3, -0.25) is 9.55 Å². The molecule has 0 bridgehead atoms. The Kier molecular flexibility index (Phi) is 3.82. The topological polar surface area (TPSA) is 56.5 Å². The minimum Gasteiger partial charge on any atom is -0.297 e. The van der Waals surface area contributed by atoms with E-state index in [1.807, 2.05) is 42.7 Å². The van der Waals surface area contributed by atoms with E-state index in [1.165, 1.54) is 0 Å². The molecule has 7 heteroatoms. The van der Waals surface area contributed by atoms with Crippen LogP contribution in [-0.4, -0.2) is 36.2 Å². The standard InChI is InChI=1S/C15H13N5S2/c1-2-7-17-13(5-1)21-9-12-10-22-15-19-18-14(20(12)15)11-4-3-6-16-8-11/h1-8,12H,9-10H2. The summed E-state index contributed by atoms with van der Waals surface area (Å²) in [5, 5.41) is 10.7. The number of fused-ring (bicyclic) bond motifs is 1. The van der Waals surface area contributed by atoms with Crippen LogP contribution in [0.5, 0.6) is 0 Å². The van der Waals surface area contributed by atoms with Gasteiger partial charge in [0, 0.05) is 35.7 Å². The molecule has 0 spiro atoms. The maximum Gasteiger partial charge on any atom is 0.191 e. The quantitative estimate of drug-likeness (QED) is 0.686. The highest BCUT2D eigenvalue weighted by Gasteiger charge is 2.28. The summed E-state index contributed by atoms with van der Waals surface area (Å²) in [6.45, 7) is 0. The van der Waals surface area contributed by atoms with Gasteiger partial charge < -0.3 is 0 Å². The molecule has 0 aliphatic carbocycles. The maximum atomic E-state index is 4.37. The fraction of sp³-hybridized carbons (Fsp3) is 0.200. The zero-order chi connectivity index (χ0) is 14.8. The van der Waals surface area contributed by atoms with Crippen LogP contribution in [0.1, 0.15) is 6.04 Å². The van der Waals surface area contributed by atoms with Gasteiger partial charge in [0.05, 0.1) is 11.1 Å². The van der Waals surface area contributed by atoms with Gasteiger partial charge in [0.25, 0.3) is 0 Å². The van der Waals surface area contributed by atoms with Crippen LogP contribution in [0.2, 0.25) is 0 Å². The Hall–Kier alpha value is -1.86. The monoisotopic (exact) mass is 327 g/mol. The summed E-state index contributed by atoms with van der Waals surface area (Å²) < 4.78 is 2.23. The third-order valence-corrected chi connectivity index (χ3v) is 5.59. The van der Waals surface area contributed by atoms with E-state index in [9.17, 15) is 0 Å². The first-order chi connectivity index (χ1) is 10.9. The van der Waals surface area contributed by atoms with Gasteiger partial charge >= 0.3 is 0 Å². The van der Waals surface area contributed by atoms with E-state index in [0.29, 0.717) is 6.04 Å². The van der Waals surface area contributed by atoms with Gasteiger partial charge in [-0.15, -0.1) is 22.0 Å². The first-order valence-corrected chi connectivity index (χ1v) is 8.91. The van der Waals surface area contributed by atoms with Gasteiger partial charge in [-0.25, -0.2) is 4.98 Å². The van der Waals surface area contributed by atoms with Gasteiger partial charge in [0.2, 0.25) is 0 Å². The predicted molar refractivity (Wildman–Crippen MR) is 88.0 cm³/mol. The van der Waals surface area contributed by atoms with E-state index in [0.717, 1.165) is 33.1 Å². The molecule has 22 heavy (non-hydrogen) atoms. The van der Waals surface area contributed by atoms with Crippen LogP contribution >= 0.6 is 23.5 Å². The van der Waals surface area contributed by atoms with Crippen molar-refractivity contribution in [3.8, 4) is 11.4 Å². The van der Waals surface area contributed by atoms with E-state index in [2.05, 4.69) is 24.7 Å². The molecule has 0 amide bonds. The molecule has 5 nitrogen and oxygen atoms in total. The Morgan fingerprint density at radius 2 is 2.18 bits per heavy atom. The summed E-state index contributed by atoms with van der Waals surface area (Å²) >= 11 is 3.53. The molecular weight excluding hydrogens is 314 g/mol. The average Bonchev–Trinajstić information content (AvgIpc) is 3.17. The van der Waals surface area contributed by atoms with Gasteiger partial charge in [-0.1, -0.05) is 17.8 Å². The van der Waals surface area contributed by atoms with E-state index in [1.54, 1.807) is 29.7 Å². The molecule has 4 rings (SSSR count). The molecule has 110 valence electrons. The molecular formula is C15H13N5S2. The summed E-state index contributed by atoms with van der Waals surface area (Å²) in [5.74, 6) is 2.89. The van der Waals surface area contributed by atoms with Crippen LogP contribution < -0.4 is 0 Å². The van der Waals surface area contributed by atoms with Gasteiger partial charge in [-0.2, -0.15) is 0 Å². The lowest BCUT2D eigenvalue weighted by atomic mass is 10.2. The van der Waals surface area contributed by atoms with Crippen molar-refractivity contribution in [2.24, 2.45) is 0 Å². The molecule has 1 unspecified atom stereocenters. The Bertz CT molecular complexity index is 760. The number of pyridine rings is 2. The molecule has 1 atom stereocenters. The van der Waals surface area contributed by atoms with Gasteiger partial charge in [0.15, 0.2) is 11.0 Å². The van der Waals surface area contributed by atoms with Gasteiger partial charge in [-0.05, 0) is 24.3 Å². The van der Waals surface area contributed by atoms with Crippen molar-refractivity contribution in [1.29, 1.82) is 0 Å². The van der Waals surface area contributed by atoms with E-state index in [4.69, 9.17) is 0 Å². The number of rotatable bonds is 4. The van der Waals surface area contributed by atoms with Crippen molar-refractivity contribution < 1.29 is 0 Å². The van der Waals surface area contributed by atoms with Crippen molar-refractivity contribution in [2.75, 3.05) is 11.5 Å². The van der Waals surface area contributed by atoms with Gasteiger partial charge in [0.1, 0.15) is 0 Å². The lowest BCUT2D eigenvalue weighted by molar-refractivity contribution is 0.597. The Balaban J connectivity index is 1.58. The molecule has 0 saturated heterocycles. The summed E-state index contributed by atoms with van der Waals surface area (Å²) in [5.41, 5.74) is 1.01. The molecule has 3 aromatic heterocycles. The number of hydrogen-bond donors (Lipinski definition) is 0. The number of thioether (sulfide) groups is 2. The van der Waals surface area contributed by atoms with E-state index < -0.39 is 0 Å². The number of nitrogens with zero attached hydrogens (tertiary/aromatic N) is 5. The minimum atomic E-state index is 0.372. The van der Waals surface area contributed by atoms with E-state index in [-0.39, 0.29) is 0 Å². The summed E-state index contributed by atoms with van der Waals surface area (Å²) in [7, 11) is 0. The SMILES string of the molecule is c1ccc(SCC2CSc3nnc(-c4cccnc4)n32)nc1. The molecule has 0 fully saturated rings. The molecule has 0 saturated carbocycles. The molecule has 4 heterocycles. The molecule has 0 aromatic carbocycles. The minimum absolute atomic E-state index is 0.372. The molecule has 1 aliphatic heterocycles. The van der Waals surface area contributed by atoms with Crippen molar-refractivity contribution in [2.45, 2.75) is 16.2 Å². The molecule has 1 aliphatic rings. The third kappa shape index (κ3) is 2.62. The van der Waals surface area contributed by atoms with Crippen LogP contribution in [0.25, 0.3) is 11.4 Å². The fourth-order valence-electron chi connectivity index (χ4n) is 2.38. The maximum absolute atomic E-state index is 4.37. The molecule has 3 aromatic rings. The zero-order valence-electron chi connectivity index (χ0n) is 11.7. The zero-order valence-corrected chi connectivity index (χ0v) is 13.3. The smallest absolute Gasteiger partial charge is 0.191 e. The second kappa shape index (κ2) is 6.10. The lowest BCUT2D eigenvalue weighted by Crippen LogP contribution is -2.11. The first kappa shape index (κ1) is 13.8. The summed E-state index contributed by atoms with van der Waals surface area (Å²) in [6.07, 6.45) is 5.44. The third-order valence-electron chi connectivity index (χ3n) is 3.42. The predicted octanol–water partition coefficient (Wildman–Crippen LogP) is 3.17. The number of hydrogen-bond acceptors (Lipinski definition) is 6. The first-order valence-electron chi connectivity index (χ1n) is 6.94. The van der Waals surface area contributed by atoms with Crippen molar-refractivity contribution in [3.63, 3.8) is 0 Å². The fourth-order valence-corrected chi connectivity index (χ4v) is 4.55. The van der Waals surface area contributed by atoms with Crippen LogP contribution in [0.3, 0.4) is 0 Å². The van der Waals surface area contributed by atoms with Crippen LogP contribution in [0, 0.1) is 0 Å². The van der Waals surface area contributed by atoms with Crippen molar-refractivity contribution in [3.05, 3.63) is 48.9 Å². The number of aromatic nitrogens is 5. The Morgan fingerprint density at radius 3 is 3.00 bits per heavy atom. The highest BCUT2D eigenvalue weighted by atomic mass is 32.2. The second-order valence-electron chi connectivity index (χ2n) is 4.86. The highest BCUT2D eigenvalue weighted by molar-refractivity contribution is 8.00. The van der Waals surface area contributed by atoms with Crippen molar-refractivity contribution >= 4 is 23.5 Å². The van der Waals surface area contributed by atoms with Crippen LogP contribution in [0.4, 0.5) is 0 Å². The van der Waals surface area contributed by atoms with Crippen LogP contribution in [-0.2, 0) is 0 Å². The Morgan fingerprint density at radius 1 is 1.18 bits per heavy atom. The van der Waals surface area contributed by atoms with E-state index >= 15 is 0 Å². The lowest BCUT2D eigenvalue weighted by Gasteiger charge is -2.13. The highest BCUT2D eigenvalue weighted by Crippen LogP contribution is 2.38. The molecule has 0 radical (unpaired) electrons.